The van der Waals surface area contributed by atoms with Gasteiger partial charge >= 0.3 is 6.03 Å². The number of carbonyl (C=O) groups excluding carboxylic acids is 1. The molecule has 27 heavy (non-hydrogen) atoms. The van der Waals surface area contributed by atoms with E-state index in [0.717, 1.165) is 41.8 Å². The highest BCUT2D eigenvalue weighted by molar-refractivity contribution is 7.09. The fourth-order valence-electron chi connectivity index (χ4n) is 3.18. The first-order chi connectivity index (χ1) is 13.1. The minimum Gasteiger partial charge on any atom is -0.333 e. The van der Waals surface area contributed by atoms with Crippen LogP contribution < -0.4 is 16.2 Å². The number of urea groups is 1. The molecule has 1 aliphatic rings. The zero-order chi connectivity index (χ0) is 18.8. The second-order valence-corrected chi connectivity index (χ2v) is 7.52. The summed E-state index contributed by atoms with van der Waals surface area (Å²) in [6, 6.07) is 5.30. The molecule has 0 aliphatic heterocycles. The number of amides is 2. The van der Waals surface area contributed by atoms with Crippen LogP contribution in [-0.4, -0.2) is 25.8 Å². The molecule has 0 aromatic carbocycles. The van der Waals surface area contributed by atoms with E-state index < -0.39 is 0 Å². The number of rotatable bonds is 4. The van der Waals surface area contributed by atoms with E-state index in [1.165, 1.54) is 4.68 Å². The Morgan fingerprint density at radius 3 is 3.04 bits per heavy atom. The molecule has 2 amide bonds. The lowest BCUT2D eigenvalue weighted by Crippen LogP contribution is -2.29. The number of thiophene rings is 1. The topological polar surface area (TPSA) is 105 Å². The molecule has 1 aliphatic carbocycles. The van der Waals surface area contributed by atoms with Gasteiger partial charge in [0.2, 0.25) is 5.95 Å². The standard InChI is InChI=1S/C18H20N6O2S/c1-11-9-15(21-18(26)19-10-12-5-4-8-27-12)24(23-11)17-20-14-7-3-2-6-13(14)16(25)22-17/h4-5,8-9H,2-3,6-7,10H2,1H3,(H2,19,21,26)(H,20,22,25). The number of nitrogens with one attached hydrogen (secondary N) is 3. The summed E-state index contributed by atoms with van der Waals surface area (Å²) in [7, 11) is 0. The van der Waals surface area contributed by atoms with Crippen molar-refractivity contribution < 1.29 is 4.79 Å². The molecule has 3 heterocycles. The summed E-state index contributed by atoms with van der Waals surface area (Å²) in [6.07, 6.45) is 3.58. The molecular weight excluding hydrogens is 364 g/mol. The van der Waals surface area contributed by atoms with Crippen LogP contribution in [0.1, 0.15) is 34.7 Å². The molecule has 4 rings (SSSR count). The summed E-state index contributed by atoms with van der Waals surface area (Å²) in [6.45, 7) is 2.27. The quantitative estimate of drug-likeness (QED) is 0.643. The molecule has 0 fully saturated rings. The summed E-state index contributed by atoms with van der Waals surface area (Å²) in [5.74, 6) is 0.775. The van der Waals surface area contributed by atoms with Gasteiger partial charge in [0, 0.05) is 16.5 Å². The molecule has 0 bridgehead atoms. The van der Waals surface area contributed by atoms with Crippen molar-refractivity contribution in [2.24, 2.45) is 0 Å². The van der Waals surface area contributed by atoms with Crippen LogP contribution in [-0.2, 0) is 19.4 Å². The van der Waals surface area contributed by atoms with Crippen LogP contribution in [0.25, 0.3) is 5.95 Å². The van der Waals surface area contributed by atoms with Crippen LogP contribution >= 0.6 is 11.3 Å². The molecule has 3 aromatic rings. The summed E-state index contributed by atoms with van der Waals surface area (Å²) < 4.78 is 1.47. The van der Waals surface area contributed by atoms with Crippen LogP contribution in [0.15, 0.2) is 28.4 Å². The molecule has 0 saturated heterocycles. The van der Waals surface area contributed by atoms with Gasteiger partial charge < -0.3 is 5.32 Å². The van der Waals surface area contributed by atoms with E-state index >= 15 is 0 Å². The zero-order valence-electron chi connectivity index (χ0n) is 14.9. The second kappa shape index (κ2) is 7.36. The maximum Gasteiger partial charge on any atom is 0.320 e. The summed E-state index contributed by atoms with van der Waals surface area (Å²) >= 11 is 1.58. The average Bonchev–Trinajstić information content (AvgIpc) is 3.29. The van der Waals surface area contributed by atoms with Crippen molar-refractivity contribution >= 4 is 23.2 Å². The Bertz CT molecular complexity index is 1020. The van der Waals surface area contributed by atoms with Gasteiger partial charge in [-0.1, -0.05) is 6.07 Å². The number of carbonyl (C=O) groups is 1. The number of fused-ring (bicyclic) bond motifs is 1. The lowest BCUT2D eigenvalue weighted by Gasteiger charge is -2.15. The van der Waals surface area contributed by atoms with E-state index in [1.807, 2.05) is 24.4 Å². The van der Waals surface area contributed by atoms with Gasteiger partial charge in [-0.05, 0) is 44.1 Å². The van der Waals surface area contributed by atoms with E-state index in [2.05, 4.69) is 25.7 Å². The third-order valence-corrected chi connectivity index (χ3v) is 5.33. The monoisotopic (exact) mass is 384 g/mol. The minimum absolute atomic E-state index is 0.129. The highest BCUT2D eigenvalue weighted by atomic mass is 32.1. The Hall–Kier alpha value is -2.94. The van der Waals surface area contributed by atoms with Crippen molar-refractivity contribution in [3.8, 4) is 5.95 Å². The number of aryl methyl sites for hydroxylation is 2. The number of aromatic nitrogens is 4. The lowest BCUT2D eigenvalue weighted by atomic mass is 9.97. The number of hydrogen-bond acceptors (Lipinski definition) is 5. The van der Waals surface area contributed by atoms with Crippen LogP contribution in [0.4, 0.5) is 10.6 Å². The number of H-pyrrole nitrogens is 1. The normalized spacial score (nSPS) is 13.2. The van der Waals surface area contributed by atoms with E-state index in [-0.39, 0.29) is 11.6 Å². The summed E-state index contributed by atoms with van der Waals surface area (Å²) in [5.41, 5.74) is 2.17. The highest BCUT2D eigenvalue weighted by Crippen LogP contribution is 2.19. The van der Waals surface area contributed by atoms with Crippen molar-refractivity contribution in [1.82, 2.24) is 25.1 Å². The average molecular weight is 384 g/mol. The van der Waals surface area contributed by atoms with Gasteiger partial charge in [-0.2, -0.15) is 9.78 Å². The summed E-state index contributed by atoms with van der Waals surface area (Å²) in [5, 5.41) is 11.9. The Morgan fingerprint density at radius 2 is 2.22 bits per heavy atom. The molecular formula is C18H20N6O2S. The van der Waals surface area contributed by atoms with E-state index in [4.69, 9.17) is 0 Å². The molecule has 140 valence electrons. The van der Waals surface area contributed by atoms with Crippen LogP contribution in [0.3, 0.4) is 0 Å². The van der Waals surface area contributed by atoms with Crippen molar-refractivity contribution in [1.29, 1.82) is 0 Å². The predicted octanol–water partition coefficient (Wildman–Crippen LogP) is 2.53. The van der Waals surface area contributed by atoms with Gasteiger partial charge in [0.05, 0.1) is 17.9 Å². The number of anilines is 1. The van der Waals surface area contributed by atoms with E-state index in [1.54, 1.807) is 17.4 Å². The largest absolute Gasteiger partial charge is 0.333 e. The minimum atomic E-state index is -0.343. The van der Waals surface area contributed by atoms with Crippen molar-refractivity contribution in [3.63, 3.8) is 0 Å². The van der Waals surface area contributed by atoms with Gasteiger partial charge in [0.15, 0.2) is 0 Å². The molecule has 0 atom stereocenters. The molecule has 9 heteroatoms. The molecule has 8 nitrogen and oxygen atoms in total. The maximum absolute atomic E-state index is 12.4. The van der Waals surface area contributed by atoms with Crippen LogP contribution in [0.5, 0.6) is 0 Å². The highest BCUT2D eigenvalue weighted by Gasteiger charge is 2.18. The summed E-state index contributed by atoms with van der Waals surface area (Å²) in [4.78, 5) is 33.1. The Labute approximate surface area is 159 Å². The maximum atomic E-state index is 12.4. The molecule has 0 saturated carbocycles. The Balaban J connectivity index is 1.57. The van der Waals surface area contributed by atoms with Gasteiger partial charge in [-0.3, -0.25) is 15.1 Å². The van der Waals surface area contributed by atoms with Gasteiger partial charge in [0.25, 0.3) is 5.56 Å². The van der Waals surface area contributed by atoms with Crippen molar-refractivity contribution in [2.45, 2.75) is 39.2 Å². The lowest BCUT2D eigenvalue weighted by molar-refractivity contribution is 0.251. The second-order valence-electron chi connectivity index (χ2n) is 6.49. The van der Waals surface area contributed by atoms with Gasteiger partial charge in [-0.15, -0.1) is 11.3 Å². The third-order valence-electron chi connectivity index (χ3n) is 4.46. The zero-order valence-corrected chi connectivity index (χ0v) is 15.7. The first-order valence-corrected chi connectivity index (χ1v) is 9.74. The first-order valence-electron chi connectivity index (χ1n) is 8.86. The van der Waals surface area contributed by atoms with Gasteiger partial charge in [0.1, 0.15) is 5.82 Å². The smallest absolute Gasteiger partial charge is 0.320 e. The first kappa shape index (κ1) is 17.5. The number of hydrogen-bond donors (Lipinski definition) is 3. The number of aromatic amines is 1. The van der Waals surface area contributed by atoms with Gasteiger partial charge in [-0.25, -0.2) is 9.78 Å². The van der Waals surface area contributed by atoms with Crippen LogP contribution in [0.2, 0.25) is 0 Å². The van der Waals surface area contributed by atoms with Crippen LogP contribution in [0, 0.1) is 6.92 Å². The molecule has 3 N–H and O–H groups in total. The number of nitrogens with zero attached hydrogens (tertiary/aromatic N) is 3. The molecule has 0 radical (unpaired) electrons. The SMILES string of the molecule is Cc1cc(NC(=O)NCc2cccs2)n(-c2nc3c(c(=O)[nH]2)CCCC3)n1. The Morgan fingerprint density at radius 1 is 1.37 bits per heavy atom. The van der Waals surface area contributed by atoms with E-state index in [9.17, 15) is 9.59 Å². The predicted molar refractivity (Wildman–Crippen MR) is 104 cm³/mol. The van der Waals surface area contributed by atoms with E-state index in [0.29, 0.717) is 24.0 Å². The Kier molecular flexibility index (Phi) is 4.76. The molecule has 0 unspecified atom stereocenters. The van der Waals surface area contributed by atoms with Crippen molar-refractivity contribution in [2.75, 3.05) is 5.32 Å². The molecule has 0 spiro atoms. The van der Waals surface area contributed by atoms with Crippen molar-refractivity contribution in [3.05, 3.63) is 55.8 Å². The third kappa shape index (κ3) is 3.77. The molecule has 3 aromatic heterocycles. The fraction of sp³-hybridized carbons (Fsp3) is 0.333. The fourth-order valence-corrected chi connectivity index (χ4v) is 3.83.